The first-order valence-corrected chi connectivity index (χ1v) is 12.4. The highest BCUT2D eigenvalue weighted by molar-refractivity contribution is 6.04. The Balaban J connectivity index is 1.46. The number of anilines is 2. The number of aromatic nitrogens is 4. The predicted molar refractivity (Wildman–Crippen MR) is 144 cm³/mol. The van der Waals surface area contributed by atoms with E-state index >= 15 is 0 Å². The van der Waals surface area contributed by atoms with E-state index in [9.17, 15) is 9.59 Å². The van der Waals surface area contributed by atoms with Gasteiger partial charge in [-0.05, 0) is 49.6 Å². The molecule has 0 saturated carbocycles. The molecule has 0 unspecified atom stereocenters. The summed E-state index contributed by atoms with van der Waals surface area (Å²) in [7, 11) is 1.59. The molecule has 10 nitrogen and oxygen atoms in total. The molecule has 38 heavy (non-hydrogen) atoms. The van der Waals surface area contributed by atoms with Crippen molar-refractivity contribution in [2.45, 2.75) is 25.8 Å². The smallest absolute Gasteiger partial charge is 0.256 e. The summed E-state index contributed by atoms with van der Waals surface area (Å²) < 4.78 is 6.94. The minimum atomic E-state index is -0.257. The second-order valence-electron chi connectivity index (χ2n) is 9.15. The van der Waals surface area contributed by atoms with Crippen LogP contribution < -0.4 is 11.1 Å². The van der Waals surface area contributed by atoms with E-state index in [1.165, 1.54) is 0 Å². The van der Waals surface area contributed by atoms with E-state index in [1.807, 2.05) is 46.7 Å². The van der Waals surface area contributed by atoms with E-state index in [4.69, 9.17) is 15.5 Å². The Hall–Kier alpha value is -4.57. The summed E-state index contributed by atoms with van der Waals surface area (Å²) in [6.45, 7) is 2.96. The number of nitrogen functional groups attached to an aromatic ring is 1. The number of nitrogens with zero attached hydrogens (tertiary/aromatic N) is 5. The molecule has 0 radical (unpaired) electrons. The van der Waals surface area contributed by atoms with Crippen molar-refractivity contribution in [2.75, 3.05) is 31.3 Å². The van der Waals surface area contributed by atoms with Gasteiger partial charge in [0.1, 0.15) is 28.7 Å². The van der Waals surface area contributed by atoms with Crippen LogP contribution in [0.1, 0.15) is 40.6 Å². The van der Waals surface area contributed by atoms with Crippen molar-refractivity contribution in [1.29, 1.82) is 0 Å². The fourth-order valence-electron chi connectivity index (χ4n) is 4.74. The fraction of sp³-hybridized carbons (Fsp3) is 0.250. The maximum atomic E-state index is 12.9. The molecule has 1 aliphatic rings. The number of pyridine rings is 1. The molecule has 1 aliphatic heterocycles. The number of aryl methyl sites for hydroxylation is 1. The topological polar surface area (TPSA) is 128 Å². The van der Waals surface area contributed by atoms with Crippen molar-refractivity contribution in [2.24, 2.45) is 0 Å². The minimum absolute atomic E-state index is 0.0802. The van der Waals surface area contributed by atoms with E-state index in [0.29, 0.717) is 41.6 Å². The van der Waals surface area contributed by atoms with Crippen molar-refractivity contribution in [1.82, 2.24) is 24.3 Å². The molecule has 4 heterocycles. The van der Waals surface area contributed by atoms with Gasteiger partial charge in [-0.25, -0.2) is 15.0 Å². The third-order valence-electron chi connectivity index (χ3n) is 6.55. The Labute approximate surface area is 220 Å². The first kappa shape index (κ1) is 25.1. The average molecular weight is 512 g/mol. The molecule has 5 rings (SSSR count). The summed E-state index contributed by atoms with van der Waals surface area (Å²) >= 11 is 0. The number of hydrogen-bond acceptors (Lipinski definition) is 7. The third-order valence-corrected chi connectivity index (χ3v) is 6.55. The van der Waals surface area contributed by atoms with Crippen LogP contribution in [0.25, 0.3) is 16.8 Å². The van der Waals surface area contributed by atoms with Crippen LogP contribution in [0.15, 0.2) is 67.1 Å². The van der Waals surface area contributed by atoms with Gasteiger partial charge in [0.2, 0.25) is 5.91 Å². The van der Waals surface area contributed by atoms with Crippen molar-refractivity contribution >= 4 is 29.0 Å². The van der Waals surface area contributed by atoms with Crippen molar-refractivity contribution in [3.8, 4) is 11.3 Å². The van der Waals surface area contributed by atoms with E-state index in [0.717, 1.165) is 29.8 Å². The summed E-state index contributed by atoms with van der Waals surface area (Å²) in [5.41, 5.74) is 9.90. The molecule has 1 saturated heterocycles. The Morgan fingerprint density at radius 1 is 1.18 bits per heavy atom. The van der Waals surface area contributed by atoms with Gasteiger partial charge in [-0.1, -0.05) is 18.2 Å². The number of fused-ring (bicyclic) bond motifs is 1. The number of ether oxygens (including phenoxy) is 1. The lowest BCUT2D eigenvalue weighted by Crippen LogP contribution is -2.30. The highest BCUT2D eigenvalue weighted by Crippen LogP contribution is 2.36. The molecule has 10 heteroatoms. The van der Waals surface area contributed by atoms with Crippen LogP contribution in [0.3, 0.4) is 0 Å². The van der Waals surface area contributed by atoms with Crippen LogP contribution in [-0.4, -0.2) is 56.3 Å². The largest absolute Gasteiger partial charge is 0.382 e. The monoisotopic (exact) mass is 511 g/mol. The molecule has 0 bridgehead atoms. The zero-order valence-electron chi connectivity index (χ0n) is 21.3. The lowest BCUT2D eigenvalue weighted by atomic mass is 10.1. The second-order valence-corrected chi connectivity index (χ2v) is 9.15. The number of amides is 2. The first-order valence-electron chi connectivity index (χ1n) is 12.4. The van der Waals surface area contributed by atoms with E-state index in [2.05, 4.69) is 15.3 Å². The molecule has 1 fully saturated rings. The molecular formula is C28H29N7O3. The van der Waals surface area contributed by atoms with Crippen molar-refractivity contribution in [3.63, 3.8) is 0 Å². The zero-order valence-corrected chi connectivity index (χ0v) is 21.3. The number of likely N-dealkylation sites (tertiary alicyclic amines) is 1. The van der Waals surface area contributed by atoms with Crippen LogP contribution in [0.2, 0.25) is 0 Å². The van der Waals surface area contributed by atoms with Crippen LogP contribution in [0.5, 0.6) is 0 Å². The lowest BCUT2D eigenvalue weighted by molar-refractivity contribution is -0.127. The Kier molecular flexibility index (Phi) is 7.14. The van der Waals surface area contributed by atoms with Crippen molar-refractivity contribution in [3.05, 3.63) is 84.1 Å². The van der Waals surface area contributed by atoms with Crippen LogP contribution in [0.4, 0.5) is 11.6 Å². The van der Waals surface area contributed by atoms with Crippen LogP contribution in [0, 0.1) is 6.92 Å². The van der Waals surface area contributed by atoms with E-state index in [-0.39, 0.29) is 17.9 Å². The molecular weight excluding hydrogens is 482 g/mol. The molecule has 1 aromatic carbocycles. The number of nitrogens with one attached hydrogen (secondary N) is 1. The van der Waals surface area contributed by atoms with E-state index < -0.39 is 0 Å². The van der Waals surface area contributed by atoms with Gasteiger partial charge in [0.25, 0.3) is 5.91 Å². The van der Waals surface area contributed by atoms with Gasteiger partial charge in [-0.15, -0.1) is 0 Å². The number of nitrogens with two attached hydrogens (primary N) is 1. The summed E-state index contributed by atoms with van der Waals surface area (Å²) in [6, 6.07) is 10.6. The summed E-state index contributed by atoms with van der Waals surface area (Å²) in [6.07, 6.45) is 10.0. The fourth-order valence-corrected chi connectivity index (χ4v) is 4.74. The van der Waals surface area contributed by atoms with E-state index in [1.54, 1.807) is 43.8 Å². The third kappa shape index (κ3) is 4.98. The highest BCUT2D eigenvalue weighted by atomic mass is 16.5. The molecule has 0 aliphatic carbocycles. The maximum Gasteiger partial charge on any atom is 0.256 e. The zero-order chi connectivity index (χ0) is 26.6. The van der Waals surface area contributed by atoms with Crippen molar-refractivity contribution < 1.29 is 14.3 Å². The van der Waals surface area contributed by atoms with Crippen LogP contribution >= 0.6 is 0 Å². The normalized spacial score (nSPS) is 15.4. The maximum absolute atomic E-state index is 12.9. The number of carbonyl (C=O) groups excluding carboxylic acids is 2. The average Bonchev–Trinajstić information content (AvgIpc) is 3.55. The summed E-state index contributed by atoms with van der Waals surface area (Å²) in [4.78, 5) is 40.9. The van der Waals surface area contributed by atoms with Gasteiger partial charge < -0.3 is 20.7 Å². The number of rotatable bonds is 7. The predicted octanol–water partition coefficient (Wildman–Crippen LogP) is 3.80. The SMILES string of the molecule is COC/C=C/C(=O)N1CCC[C@H]1c1nc(-c2ccc(C(=O)Nc3cc(C)ccn3)cc2)c2c(N)nccn12. The van der Waals surface area contributed by atoms with Gasteiger partial charge in [0.15, 0.2) is 0 Å². The van der Waals surface area contributed by atoms with Gasteiger partial charge >= 0.3 is 0 Å². The van der Waals surface area contributed by atoms with Gasteiger partial charge in [-0.2, -0.15) is 0 Å². The standard InChI is InChI=1S/C28H29N7O3/c1-18-11-12-30-22(17-18)32-28(37)20-9-7-19(8-10-20)24-25-26(29)31-13-15-35(25)27(33-24)21-5-3-14-34(21)23(36)6-4-16-38-2/h4,6-13,15,17,21H,3,5,14,16H2,1-2H3,(H2,29,31)(H,30,32,37)/b6-4+/t21-/m0/s1. The highest BCUT2D eigenvalue weighted by Gasteiger charge is 2.33. The number of carbonyl (C=O) groups is 2. The molecule has 2 amide bonds. The van der Waals surface area contributed by atoms with Gasteiger partial charge in [0, 0.05) is 49.4 Å². The molecule has 3 aromatic heterocycles. The second kappa shape index (κ2) is 10.8. The summed E-state index contributed by atoms with van der Waals surface area (Å²) in [5.74, 6) is 1.22. The summed E-state index contributed by atoms with van der Waals surface area (Å²) in [5, 5.41) is 2.82. The van der Waals surface area contributed by atoms with Gasteiger partial charge in [0.05, 0.1) is 12.6 Å². The molecule has 0 spiro atoms. The number of methoxy groups -OCH3 is 1. The Bertz CT molecular complexity index is 1510. The Morgan fingerprint density at radius 3 is 2.76 bits per heavy atom. The molecule has 3 N–H and O–H groups in total. The minimum Gasteiger partial charge on any atom is -0.382 e. The van der Waals surface area contributed by atoms with Crippen LogP contribution in [-0.2, 0) is 9.53 Å². The Morgan fingerprint density at radius 2 is 2.00 bits per heavy atom. The molecule has 4 aromatic rings. The van der Waals surface area contributed by atoms with Gasteiger partial charge in [-0.3, -0.25) is 14.0 Å². The number of benzene rings is 1. The molecule has 1 atom stereocenters. The molecule has 194 valence electrons. The number of imidazole rings is 1. The lowest BCUT2D eigenvalue weighted by Gasteiger charge is -2.22. The first-order chi connectivity index (χ1) is 18.5. The quantitative estimate of drug-likeness (QED) is 0.361. The number of hydrogen-bond donors (Lipinski definition) is 2.